The molecule has 0 aromatic heterocycles. The van der Waals surface area contributed by atoms with Crippen LogP contribution in [0.1, 0.15) is 271 Å². The van der Waals surface area contributed by atoms with Gasteiger partial charge in [0, 0.05) is 19.3 Å². The summed E-state index contributed by atoms with van der Waals surface area (Å²) in [6.45, 7) is 6.61. The van der Waals surface area contributed by atoms with E-state index in [9.17, 15) is 14.4 Å². The van der Waals surface area contributed by atoms with Crippen LogP contribution in [0.4, 0.5) is 0 Å². The molecule has 0 saturated heterocycles. The number of esters is 3. The molecule has 0 aliphatic rings. The number of hydrogen-bond acceptors (Lipinski definition) is 6. The fraction of sp³-hybridized carbons (Fsp3) is 0.900. The van der Waals surface area contributed by atoms with Crippen molar-refractivity contribution in [2.75, 3.05) is 13.2 Å². The minimum atomic E-state index is -0.765. The Balaban J connectivity index is 4.31. The smallest absolute Gasteiger partial charge is 0.306 e. The van der Waals surface area contributed by atoms with Crippen molar-refractivity contribution in [2.24, 2.45) is 0 Å². The minimum absolute atomic E-state index is 0.0675. The third-order valence-corrected chi connectivity index (χ3v) is 11.0. The number of carbonyl (C=O) groups is 3. The summed E-state index contributed by atoms with van der Waals surface area (Å²) in [4.78, 5) is 37.8. The van der Waals surface area contributed by atoms with Crippen molar-refractivity contribution in [3.05, 3.63) is 12.2 Å². The van der Waals surface area contributed by atoms with Crippen molar-refractivity contribution in [1.82, 2.24) is 0 Å². The van der Waals surface area contributed by atoms with E-state index < -0.39 is 6.10 Å². The Labute approximate surface area is 348 Å². The standard InChI is InChI=1S/C50H94O6/c1-4-7-10-13-16-19-22-24-25-26-29-31-34-37-40-43-49(52)55-46-47(45-54-48(51)42-39-36-33-30-27-21-18-15-12-9-6-3)56-50(53)44-41-38-35-32-28-23-20-17-14-11-8-5-2/h15,18,47H,4-14,16-17,19-46H2,1-3H3/b18-15-. The van der Waals surface area contributed by atoms with E-state index in [1.807, 2.05) is 0 Å². The lowest BCUT2D eigenvalue weighted by atomic mass is 10.0. The van der Waals surface area contributed by atoms with Crippen molar-refractivity contribution in [3.63, 3.8) is 0 Å². The molecule has 0 bridgehead atoms. The minimum Gasteiger partial charge on any atom is -0.462 e. The molecule has 0 aromatic carbocycles. The quantitative estimate of drug-likeness (QED) is 0.0264. The fourth-order valence-electron chi connectivity index (χ4n) is 7.25. The Bertz CT molecular complexity index is 870. The van der Waals surface area contributed by atoms with E-state index in [0.717, 1.165) is 64.2 Å². The summed E-state index contributed by atoms with van der Waals surface area (Å²) in [5.41, 5.74) is 0. The predicted molar refractivity (Wildman–Crippen MR) is 238 cm³/mol. The molecule has 330 valence electrons. The summed E-state index contributed by atoms with van der Waals surface area (Å²) in [5, 5.41) is 0. The van der Waals surface area contributed by atoms with Crippen molar-refractivity contribution in [3.8, 4) is 0 Å². The van der Waals surface area contributed by atoms with Crippen LogP contribution >= 0.6 is 0 Å². The third-order valence-electron chi connectivity index (χ3n) is 11.0. The highest BCUT2D eigenvalue weighted by Gasteiger charge is 2.19. The van der Waals surface area contributed by atoms with Crippen LogP contribution in [0.15, 0.2) is 12.2 Å². The van der Waals surface area contributed by atoms with Gasteiger partial charge in [0.25, 0.3) is 0 Å². The molecule has 0 radical (unpaired) electrons. The molecule has 0 fully saturated rings. The number of allylic oxidation sites excluding steroid dienone is 2. The topological polar surface area (TPSA) is 78.9 Å². The van der Waals surface area contributed by atoms with Gasteiger partial charge in [-0.25, -0.2) is 0 Å². The van der Waals surface area contributed by atoms with Gasteiger partial charge >= 0.3 is 17.9 Å². The number of carbonyl (C=O) groups excluding carboxylic acids is 3. The Kier molecular flexibility index (Phi) is 44.3. The van der Waals surface area contributed by atoms with Gasteiger partial charge in [-0.2, -0.15) is 0 Å². The van der Waals surface area contributed by atoms with Crippen molar-refractivity contribution in [2.45, 2.75) is 277 Å². The molecule has 0 spiro atoms. The van der Waals surface area contributed by atoms with Gasteiger partial charge in [-0.15, -0.1) is 0 Å². The lowest BCUT2D eigenvalue weighted by Crippen LogP contribution is -2.30. The number of unbranched alkanes of at least 4 members (excludes halogenated alkanes) is 32. The van der Waals surface area contributed by atoms with Crippen molar-refractivity contribution < 1.29 is 28.6 Å². The van der Waals surface area contributed by atoms with Crippen LogP contribution in [0.5, 0.6) is 0 Å². The molecule has 0 aliphatic carbocycles. The summed E-state index contributed by atoms with van der Waals surface area (Å²) >= 11 is 0. The van der Waals surface area contributed by atoms with Gasteiger partial charge in [0.1, 0.15) is 13.2 Å². The molecule has 0 saturated carbocycles. The van der Waals surface area contributed by atoms with E-state index in [-0.39, 0.29) is 31.1 Å². The first-order valence-electron chi connectivity index (χ1n) is 24.7. The second kappa shape index (κ2) is 45.8. The van der Waals surface area contributed by atoms with Gasteiger partial charge in [-0.1, -0.05) is 226 Å². The zero-order valence-electron chi connectivity index (χ0n) is 37.7. The van der Waals surface area contributed by atoms with Crippen LogP contribution < -0.4 is 0 Å². The van der Waals surface area contributed by atoms with Crippen LogP contribution in [-0.4, -0.2) is 37.2 Å². The summed E-state index contributed by atoms with van der Waals surface area (Å²) in [7, 11) is 0. The maximum Gasteiger partial charge on any atom is 0.306 e. The molecule has 1 atom stereocenters. The van der Waals surface area contributed by atoms with E-state index in [0.29, 0.717) is 19.3 Å². The molecular formula is C50H94O6. The van der Waals surface area contributed by atoms with Gasteiger partial charge < -0.3 is 14.2 Å². The van der Waals surface area contributed by atoms with Crippen LogP contribution in [0, 0.1) is 0 Å². The molecule has 0 aromatic rings. The first-order valence-corrected chi connectivity index (χ1v) is 24.7. The van der Waals surface area contributed by atoms with Crippen LogP contribution in [0.2, 0.25) is 0 Å². The Morgan fingerprint density at radius 3 is 0.946 bits per heavy atom. The SMILES string of the molecule is CCCC/C=C\CCCCCCCC(=O)OCC(COC(=O)CCCCCCCCCCCCCCCCC)OC(=O)CCCCCCCCCCCCCC. The molecule has 0 rings (SSSR count). The number of hydrogen-bond donors (Lipinski definition) is 0. The van der Waals surface area contributed by atoms with Crippen LogP contribution in [-0.2, 0) is 28.6 Å². The molecule has 6 nitrogen and oxygen atoms in total. The molecule has 0 N–H and O–H groups in total. The third kappa shape index (κ3) is 43.3. The Morgan fingerprint density at radius 1 is 0.339 bits per heavy atom. The molecule has 0 amide bonds. The maximum absolute atomic E-state index is 12.7. The van der Waals surface area contributed by atoms with E-state index in [4.69, 9.17) is 14.2 Å². The summed E-state index contributed by atoms with van der Waals surface area (Å²) in [6, 6.07) is 0. The second-order valence-corrected chi connectivity index (χ2v) is 16.7. The van der Waals surface area contributed by atoms with Gasteiger partial charge in [-0.3, -0.25) is 14.4 Å². The molecule has 56 heavy (non-hydrogen) atoms. The van der Waals surface area contributed by atoms with E-state index in [2.05, 4.69) is 32.9 Å². The number of ether oxygens (including phenoxy) is 3. The highest BCUT2D eigenvalue weighted by atomic mass is 16.6. The van der Waals surface area contributed by atoms with Gasteiger partial charge in [0.2, 0.25) is 0 Å². The maximum atomic E-state index is 12.7. The fourth-order valence-corrected chi connectivity index (χ4v) is 7.25. The first kappa shape index (κ1) is 54.2. The van der Waals surface area contributed by atoms with Gasteiger partial charge in [0.05, 0.1) is 0 Å². The Morgan fingerprint density at radius 2 is 0.607 bits per heavy atom. The van der Waals surface area contributed by atoms with Gasteiger partial charge in [0.15, 0.2) is 6.10 Å². The average Bonchev–Trinajstić information content (AvgIpc) is 3.19. The van der Waals surface area contributed by atoms with Gasteiger partial charge in [-0.05, 0) is 38.5 Å². The van der Waals surface area contributed by atoms with Crippen molar-refractivity contribution >= 4 is 17.9 Å². The summed E-state index contributed by atoms with van der Waals surface area (Å²) in [6.07, 6.45) is 49.0. The normalized spacial score (nSPS) is 12.0. The molecule has 6 heteroatoms. The summed E-state index contributed by atoms with van der Waals surface area (Å²) in [5.74, 6) is -0.865. The average molecular weight is 791 g/mol. The lowest BCUT2D eigenvalue weighted by molar-refractivity contribution is -0.167. The zero-order chi connectivity index (χ0) is 40.8. The molecular weight excluding hydrogens is 697 g/mol. The molecule has 1 unspecified atom stereocenters. The largest absolute Gasteiger partial charge is 0.462 e. The highest BCUT2D eigenvalue weighted by Crippen LogP contribution is 2.16. The number of rotatable bonds is 45. The van der Waals surface area contributed by atoms with E-state index in [1.165, 1.54) is 167 Å². The second-order valence-electron chi connectivity index (χ2n) is 16.7. The lowest BCUT2D eigenvalue weighted by Gasteiger charge is -2.18. The predicted octanol–water partition coefficient (Wildman–Crippen LogP) is 15.8. The van der Waals surface area contributed by atoms with E-state index >= 15 is 0 Å². The zero-order valence-corrected chi connectivity index (χ0v) is 37.7. The molecule has 0 aliphatic heterocycles. The Hall–Kier alpha value is -1.85. The van der Waals surface area contributed by atoms with E-state index in [1.54, 1.807) is 0 Å². The summed E-state index contributed by atoms with van der Waals surface area (Å²) < 4.78 is 16.7. The highest BCUT2D eigenvalue weighted by molar-refractivity contribution is 5.71. The first-order chi connectivity index (χ1) is 27.5. The molecule has 0 heterocycles. The van der Waals surface area contributed by atoms with Crippen LogP contribution in [0.25, 0.3) is 0 Å². The van der Waals surface area contributed by atoms with Crippen molar-refractivity contribution in [1.29, 1.82) is 0 Å². The van der Waals surface area contributed by atoms with Crippen LogP contribution in [0.3, 0.4) is 0 Å². The monoisotopic (exact) mass is 791 g/mol.